The predicted molar refractivity (Wildman–Crippen MR) is 67.5 cm³/mol. The molecule has 0 atom stereocenters. The minimum atomic E-state index is -0.884. The van der Waals surface area contributed by atoms with E-state index in [0.717, 1.165) is 30.5 Å². The number of rotatable bonds is 5. The lowest BCUT2D eigenvalue weighted by Gasteiger charge is -2.41. The molecule has 2 amide bonds. The molecule has 1 aliphatic carbocycles. The number of H-pyrrole nitrogens is 1. The van der Waals surface area contributed by atoms with Crippen molar-refractivity contribution >= 4 is 12.0 Å². The zero-order chi connectivity index (χ0) is 13.9. The average Bonchev–Trinajstić information content (AvgIpc) is 2.68. The summed E-state index contributed by atoms with van der Waals surface area (Å²) in [6.45, 7) is 2.25. The fourth-order valence-electron chi connectivity index (χ4n) is 2.25. The summed E-state index contributed by atoms with van der Waals surface area (Å²) < 4.78 is 0. The molecule has 0 radical (unpaired) electrons. The Morgan fingerprint density at radius 2 is 2.26 bits per heavy atom. The van der Waals surface area contributed by atoms with Gasteiger partial charge < -0.3 is 15.7 Å². The van der Waals surface area contributed by atoms with E-state index >= 15 is 0 Å². The third kappa shape index (κ3) is 3.24. The molecule has 0 saturated heterocycles. The quantitative estimate of drug-likeness (QED) is 0.635. The maximum absolute atomic E-state index is 11.8. The molecule has 0 bridgehead atoms. The summed E-state index contributed by atoms with van der Waals surface area (Å²) in [5, 5.41) is 21.0. The van der Waals surface area contributed by atoms with Gasteiger partial charge in [0, 0.05) is 17.8 Å². The molecule has 1 fully saturated rings. The molecule has 19 heavy (non-hydrogen) atoms. The first kappa shape index (κ1) is 13.4. The largest absolute Gasteiger partial charge is 0.481 e. The Morgan fingerprint density at radius 3 is 2.74 bits per heavy atom. The van der Waals surface area contributed by atoms with Gasteiger partial charge in [-0.1, -0.05) is 0 Å². The van der Waals surface area contributed by atoms with Gasteiger partial charge in [-0.2, -0.15) is 5.10 Å². The van der Waals surface area contributed by atoms with Crippen molar-refractivity contribution in [1.82, 2.24) is 20.8 Å². The lowest BCUT2D eigenvalue weighted by molar-refractivity contribution is -0.139. The van der Waals surface area contributed by atoms with E-state index in [1.54, 1.807) is 6.20 Å². The number of carbonyl (C=O) groups is 2. The molecule has 0 aliphatic heterocycles. The summed E-state index contributed by atoms with van der Waals surface area (Å²) in [6.07, 6.45) is 4.03. The molecule has 0 spiro atoms. The standard InChI is InChI=1S/C12H18N4O3/c1-8-9(7-14-16-8)6-13-11(19)15-12(3-2-4-12)5-10(17)18/h7H,2-6H2,1H3,(H,14,16)(H,17,18)(H2,13,15,19). The van der Waals surface area contributed by atoms with Crippen molar-refractivity contribution in [1.29, 1.82) is 0 Å². The monoisotopic (exact) mass is 266 g/mol. The highest BCUT2D eigenvalue weighted by Crippen LogP contribution is 2.34. The molecule has 7 heteroatoms. The number of nitrogens with zero attached hydrogens (tertiary/aromatic N) is 1. The minimum Gasteiger partial charge on any atom is -0.481 e. The van der Waals surface area contributed by atoms with Crippen LogP contribution < -0.4 is 10.6 Å². The molecule has 1 aromatic heterocycles. The van der Waals surface area contributed by atoms with Crippen molar-refractivity contribution in [2.45, 2.75) is 44.7 Å². The first-order valence-electron chi connectivity index (χ1n) is 6.27. The van der Waals surface area contributed by atoms with Gasteiger partial charge in [-0.25, -0.2) is 4.79 Å². The normalized spacial score (nSPS) is 16.5. The van der Waals surface area contributed by atoms with Gasteiger partial charge >= 0.3 is 12.0 Å². The lowest BCUT2D eigenvalue weighted by Crippen LogP contribution is -2.57. The third-order valence-electron chi connectivity index (χ3n) is 3.55. The highest BCUT2D eigenvalue weighted by molar-refractivity contribution is 5.77. The summed E-state index contributed by atoms with van der Waals surface area (Å²) in [5.41, 5.74) is 1.25. The molecular weight excluding hydrogens is 248 g/mol. The highest BCUT2D eigenvalue weighted by atomic mass is 16.4. The van der Waals surface area contributed by atoms with E-state index in [2.05, 4.69) is 20.8 Å². The van der Waals surface area contributed by atoms with Gasteiger partial charge in [-0.3, -0.25) is 9.89 Å². The van der Waals surface area contributed by atoms with Crippen LogP contribution in [0.15, 0.2) is 6.20 Å². The number of carboxylic acid groups (broad SMARTS) is 1. The Morgan fingerprint density at radius 1 is 1.53 bits per heavy atom. The molecular formula is C12H18N4O3. The van der Waals surface area contributed by atoms with E-state index in [4.69, 9.17) is 5.11 Å². The maximum Gasteiger partial charge on any atom is 0.315 e. The molecule has 1 saturated carbocycles. The van der Waals surface area contributed by atoms with Crippen LogP contribution in [0.4, 0.5) is 4.79 Å². The number of carboxylic acids is 1. The number of carbonyl (C=O) groups excluding carboxylic acids is 1. The van der Waals surface area contributed by atoms with Gasteiger partial charge in [0.15, 0.2) is 0 Å². The lowest BCUT2D eigenvalue weighted by atomic mass is 9.74. The first-order valence-corrected chi connectivity index (χ1v) is 6.27. The summed E-state index contributed by atoms with van der Waals surface area (Å²) in [4.78, 5) is 22.6. The first-order chi connectivity index (χ1) is 9.01. The van der Waals surface area contributed by atoms with Crippen LogP contribution in [0.25, 0.3) is 0 Å². The van der Waals surface area contributed by atoms with Crippen molar-refractivity contribution in [2.24, 2.45) is 0 Å². The molecule has 4 N–H and O–H groups in total. The van der Waals surface area contributed by atoms with Gasteiger partial charge in [0.2, 0.25) is 0 Å². The summed E-state index contributed by atoms with van der Waals surface area (Å²) in [6, 6.07) is -0.332. The number of nitrogens with one attached hydrogen (secondary N) is 3. The van der Waals surface area contributed by atoms with Crippen LogP contribution in [0.1, 0.15) is 36.9 Å². The van der Waals surface area contributed by atoms with Crippen LogP contribution in [0.2, 0.25) is 0 Å². The second-order valence-corrected chi connectivity index (χ2v) is 5.03. The molecule has 104 valence electrons. The number of aliphatic carboxylic acids is 1. The van der Waals surface area contributed by atoms with Crippen LogP contribution in [-0.2, 0) is 11.3 Å². The second kappa shape index (κ2) is 5.29. The molecule has 7 nitrogen and oxygen atoms in total. The number of urea groups is 1. The molecule has 0 unspecified atom stereocenters. The van der Waals surface area contributed by atoms with E-state index in [0.29, 0.717) is 6.54 Å². The number of hydrogen-bond donors (Lipinski definition) is 4. The number of hydrogen-bond acceptors (Lipinski definition) is 3. The zero-order valence-corrected chi connectivity index (χ0v) is 10.8. The van der Waals surface area contributed by atoms with Crippen LogP contribution in [0.3, 0.4) is 0 Å². The number of aryl methyl sites for hydroxylation is 1. The average molecular weight is 266 g/mol. The number of amides is 2. The second-order valence-electron chi connectivity index (χ2n) is 5.03. The van der Waals surface area contributed by atoms with E-state index in [-0.39, 0.29) is 12.5 Å². The maximum atomic E-state index is 11.8. The van der Waals surface area contributed by atoms with E-state index in [1.807, 2.05) is 6.92 Å². The van der Waals surface area contributed by atoms with Crippen molar-refractivity contribution in [3.05, 3.63) is 17.5 Å². The highest BCUT2D eigenvalue weighted by Gasteiger charge is 2.40. The predicted octanol–water partition coefficient (Wildman–Crippen LogP) is 0.915. The topological polar surface area (TPSA) is 107 Å². The van der Waals surface area contributed by atoms with Crippen molar-refractivity contribution in [2.75, 3.05) is 0 Å². The Kier molecular flexibility index (Phi) is 3.73. The Bertz CT molecular complexity index is 479. The molecule has 1 aliphatic rings. The van der Waals surface area contributed by atoms with E-state index in [1.165, 1.54) is 0 Å². The van der Waals surface area contributed by atoms with Gasteiger partial charge in [0.1, 0.15) is 0 Å². The van der Waals surface area contributed by atoms with Crippen LogP contribution >= 0.6 is 0 Å². The van der Waals surface area contributed by atoms with Gasteiger partial charge in [0.05, 0.1) is 18.2 Å². The van der Waals surface area contributed by atoms with Crippen molar-refractivity contribution in [3.63, 3.8) is 0 Å². The third-order valence-corrected chi connectivity index (χ3v) is 3.55. The Balaban J connectivity index is 1.83. The molecule has 2 rings (SSSR count). The van der Waals surface area contributed by atoms with Gasteiger partial charge in [-0.05, 0) is 26.2 Å². The van der Waals surface area contributed by atoms with Gasteiger partial charge in [-0.15, -0.1) is 0 Å². The molecule has 1 aromatic rings. The van der Waals surface area contributed by atoms with Crippen molar-refractivity contribution < 1.29 is 14.7 Å². The zero-order valence-electron chi connectivity index (χ0n) is 10.8. The number of aromatic nitrogens is 2. The van der Waals surface area contributed by atoms with Gasteiger partial charge in [0.25, 0.3) is 0 Å². The van der Waals surface area contributed by atoms with Crippen LogP contribution in [-0.4, -0.2) is 32.8 Å². The molecule has 0 aromatic carbocycles. The SMILES string of the molecule is Cc1[nH]ncc1CNC(=O)NC1(CC(=O)O)CCC1. The Labute approximate surface area is 110 Å². The smallest absolute Gasteiger partial charge is 0.315 e. The van der Waals surface area contributed by atoms with Crippen LogP contribution in [0.5, 0.6) is 0 Å². The van der Waals surface area contributed by atoms with E-state index in [9.17, 15) is 9.59 Å². The minimum absolute atomic E-state index is 0.0227. The molecule has 1 heterocycles. The summed E-state index contributed by atoms with van der Waals surface area (Å²) in [7, 11) is 0. The fourth-order valence-corrected chi connectivity index (χ4v) is 2.25. The van der Waals surface area contributed by atoms with Crippen LogP contribution in [0, 0.1) is 6.92 Å². The van der Waals surface area contributed by atoms with E-state index < -0.39 is 11.5 Å². The fraction of sp³-hybridized carbons (Fsp3) is 0.583. The summed E-state index contributed by atoms with van der Waals surface area (Å²) >= 11 is 0. The van der Waals surface area contributed by atoms with Crippen molar-refractivity contribution in [3.8, 4) is 0 Å². The number of aromatic amines is 1. The Hall–Kier alpha value is -2.05. The summed E-state index contributed by atoms with van der Waals surface area (Å²) in [5.74, 6) is -0.884.